The van der Waals surface area contributed by atoms with Crippen LogP contribution in [0.1, 0.15) is 31.9 Å². The van der Waals surface area contributed by atoms with Crippen LogP contribution in [0.25, 0.3) is 0 Å². The van der Waals surface area contributed by atoms with Crippen molar-refractivity contribution in [3.63, 3.8) is 0 Å². The molecule has 1 heterocycles. The molecule has 1 N–H and O–H groups in total. The van der Waals surface area contributed by atoms with Gasteiger partial charge in [-0.1, -0.05) is 36.4 Å². The number of aromatic nitrogens is 1. The fourth-order valence-electron chi connectivity index (χ4n) is 2.20. The first kappa shape index (κ1) is 15.5. The van der Waals surface area contributed by atoms with E-state index in [4.69, 9.17) is 0 Å². The van der Waals surface area contributed by atoms with Crippen molar-refractivity contribution in [2.24, 2.45) is 0 Å². The van der Waals surface area contributed by atoms with E-state index in [2.05, 4.69) is 73.4 Å². The van der Waals surface area contributed by atoms with Crippen LogP contribution in [-0.2, 0) is 13.1 Å². The second kappa shape index (κ2) is 6.72. The minimum Gasteiger partial charge on any atom is -0.355 e. The number of rotatable bonds is 5. The van der Waals surface area contributed by atoms with E-state index in [0.29, 0.717) is 0 Å². The minimum absolute atomic E-state index is 0.102. The molecule has 0 radical (unpaired) electrons. The van der Waals surface area contributed by atoms with Gasteiger partial charge >= 0.3 is 0 Å². The average Bonchev–Trinajstić information content (AvgIpc) is 2.46. The third-order valence-corrected chi connectivity index (χ3v) is 3.30. The molecule has 112 valence electrons. The van der Waals surface area contributed by atoms with E-state index < -0.39 is 0 Å². The molecule has 0 atom stereocenters. The molecular formula is C18H25N3. The third-order valence-electron chi connectivity index (χ3n) is 3.30. The van der Waals surface area contributed by atoms with Crippen LogP contribution in [0.15, 0.2) is 48.7 Å². The zero-order chi connectivity index (χ0) is 15.3. The van der Waals surface area contributed by atoms with E-state index in [1.165, 1.54) is 11.1 Å². The van der Waals surface area contributed by atoms with Crippen molar-refractivity contribution >= 4 is 5.82 Å². The summed E-state index contributed by atoms with van der Waals surface area (Å²) in [6, 6.07) is 14.6. The predicted octanol–water partition coefficient (Wildman–Crippen LogP) is 3.61. The standard InChI is InChI=1S/C18H25N3/c1-18(2,3)20-13-16-11-8-12-19-17(16)21(4)14-15-9-6-5-7-10-15/h5-12,20H,13-14H2,1-4H3. The lowest BCUT2D eigenvalue weighted by molar-refractivity contribution is 0.424. The highest BCUT2D eigenvalue weighted by atomic mass is 15.2. The second-order valence-electron chi connectivity index (χ2n) is 6.43. The summed E-state index contributed by atoms with van der Waals surface area (Å²) in [5, 5.41) is 3.53. The maximum atomic E-state index is 4.56. The molecule has 0 spiro atoms. The van der Waals surface area contributed by atoms with Gasteiger partial charge in [-0.05, 0) is 32.4 Å². The SMILES string of the molecule is CN(Cc1ccccc1)c1ncccc1CNC(C)(C)C. The summed E-state index contributed by atoms with van der Waals surface area (Å²) in [5.41, 5.74) is 2.62. The zero-order valence-corrected chi connectivity index (χ0v) is 13.4. The van der Waals surface area contributed by atoms with E-state index >= 15 is 0 Å². The monoisotopic (exact) mass is 283 g/mol. The summed E-state index contributed by atoms with van der Waals surface area (Å²) < 4.78 is 0. The summed E-state index contributed by atoms with van der Waals surface area (Å²) in [5.74, 6) is 1.04. The fourth-order valence-corrected chi connectivity index (χ4v) is 2.20. The van der Waals surface area contributed by atoms with Crippen LogP contribution in [-0.4, -0.2) is 17.6 Å². The molecule has 1 aromatic heterocycles. The van der Waals surface area contributed by atoms with Crippen LogP contribution >= 0.6 is 0 Å². The van der Waals surface area contributed by atoms with Crippen molar-refractivity contribution < 1.29 is 0 Å². The van der Waals surface area contributed by atoms with Gasteiger partial charge in [-0.3, -0.25) is 0 Å². The van der Waals surface area contributed by atoms with Crippen LogP contribution in [0.2, 0.25) is 0 Å². The topological polar surface area (TPSA) is 28.2 Å². The second-order valence-corrected chi connectivity index (χ2v) is 6.43. The first-order valence-electron chi connectivity index (χ1n) is 7.40. The maximum Gasteiger partial charge on any atom is 0.133 e. The fraction of sp³-hybridized carbons (Fsp3) is 0.389. The van der Waals surface area contributed by atoms with Crippen molar-refractivity contribution in [3.8, 4) is 0 Å². The lowest BCUT2D eigenvalue weighted by atomic mass is 10.1. The number of benzene rings is 1. The molecule has 1 aromatic carbocycles. The highest BCUT2D eigenvalue weighted by molar-refractivity contribution is 5.46. The summed E-state index contributed by atoms with van der Waals surface area (Å²) in [6.07, 6.45) is 1.86. The quantitative estimate of drug-likeness (QED) is 0.908. The Morgan fingerprint density at radius 2 is 1.76 bits per heavy atom. The Balaban J connectivity index is 2.11. The molecule has 0 saturated carbocycles. The molecule has 2 aromatic rings. The Kier molecular flexibility index (Phi) is 4.97. The van der Waals surface area contributed by atoms with E-state index in [1.807, 2.05) is 18.3 Å². The Labute approximate surface area is 128 Å². The number of hydrogen-bond donors (Lipinski definition) is 1. The van der Waals surface area contributed by atoms with Gasteiger partial charge in [0.2, 0.25) is 0 Å². The normalized spacial score (nSPS) is 11.4. The molecule has 3 nitrogen and oxygen atoms in total. The number of nitrogens with one attached hydrogen (secondary N) is 1. The van der Waals surface area contributed by atoms with Crippen molar-refractivity contribution in [2.45, 2.75) is 39.4 Å². The minimum atomic E-state index is 0.102. The first-order chi connectivity index (χ1) is 9.96. The van der Waals surface area contributed by atoms with Gasteiger partial charge in [0.05, 0.1) is 0 Å². The smallest absolute Gasteiger partial charge is 0.133 e. The Morgan fingerprint density at radius 3 is 2.43 bits per heavy atom. The third kappa shape index (κ3) is 4.87. The Hall–Kier alpha value is -1.87. The Morgan fingerprint density at radius 1 is 1.05 bits per heavy atom. The summed E-state index contributed by atoms with van der Waals surface area (Å²) >= 11 is 0. The van der Waals surface area contributed by atoms with Gasteiger partial charge in [-0.2, -0.15) is 0 Å². The molecule has 0 saturated heterocycles. The lowest BCUT2D eigenvalue weighted by Crippen LogP contribution is -2.35. The van der Waals surface area contributed by atoms with E-state index in [-0.39, 0.29) is 5.54 Å². The molecule has 0 bridgehead atoms. The molecule has 21 heavy (non-hydrogen) atoms. The predicted molar refractivity (Wildman–Crippen MR) is 89.4 cm³/mol. The molecule has 0 aliphatic heterocycles. The van der Waals surface area contributed by atoms with Crippen molar-refractivity contribution in [1.29, 1.82) is 0 Å². The van der Waals surface area contributed by atoms with Crippen LogP contribution in [0, 0.1) is 0 Å². The maximum absolute atomic E-state index is 4.56. The van der Waals surface area contributed by atoms with Crippen LogP contribution in [0.3, 0.4) is 0 Å². The van der Waals surface area contributed by atoms with E-state index in [1.54, 1.807) is 0 Å². The highest BCUT2D eigenvalue weighted by Gasteiger charge is 2.13. The number of nitrogens with zero attached hydrogens (tertiary/aromatic N) is 2. The van der Waals surface area contributed by atoms with Crippen LogP contribution in [0.4, 0.5) is 5.82 Å². The molecule has 0 aliphatic rings. The van der Waals surface area contributed by atoms with E-state index in [0.717, 1.165) is 18.9 Å². The number of pyridine rings is 1. The molecule has 0 aliphatic carbocycles. The summed E-state index contributed by atoms with van der Waals surface area (Å²) in [4.78, 5) is 6.76. The zero-order valence-electron chi connectivity index (χ0n) is 13.4. The molecule has 2 rings (SSSR count). The van der Waals surface area contributed by atoms with Gasteiger partial charge in [0.1, 0.15) is 5.82 Å². The van der Waals surface area contributed by atoms with Crippen molar-refractivity contribution in [2.75, 3.05) is 11.9 Å². The molecular weight excluding hydrogens is 258 g/mol. The molecule has 0 unspecified atom stereocenters. The largest absolute Gasteiger partial charge is 0.355 e. The van der Waals surface area contributed by atoms with Crippen LogP contribution in [0.5, 0.6) is 0 Å². The van der Waals surface area contributed by atoms with Gasteiger partial charge in [0, 0.05) is 37.4 Å². The molecule has 3 heteroatoms. The Bertz CT molecular complexity index is 558. The molecule has 0 amide bonds. The van der Waals surface area contributed by atoms with Gasteiger partial charge in [-0.25, -0.2) is 4.98 Å². The number of anilines is 1. The van der Waals surface area contributed by atoms with Crippen molar-refractivity contribution in [1.82, 2.24) is 10.3 Å². The number of hydrogen-bond acceptors (Lipinski definition) is 3. The lowest BCUT2D eigenvalue weighted by Gasteiger charge is -2.24. The van der Waals surface area contributed by atoms with Crippen molar-refractivity contribution in [3.05, 3.63) is 59.8 Å². The molecule has 0 fully saturated rings. The van der Waals surface area contributed by atoms with E-state index in [9.17, 15) is 0 Å². The summed E-state index contributed by atoms with van der Waals surface area (Å²) in [6.45, 7) is 8.22. The highest BCUT2D eigenvalue weighted by Crippen LogP contribution is 2.18. The van der Waals surface area contributed by atoms with Gasteiger partial charge in [0.15, 0.2) is 0 Å². The van der Waals surface area contributed by atoms with Crippen LogP contribution < -0.4 is 10.2 Å². The van der Waals surface area contributed by atoms with Gasteiger partial charge in [-0.15, -0.1) is 0 Å². The summed E-state index contributed by atoms with van der Waals surface area (Å²) in [7, 11) is 2.09. The van der Waals surface area contributed by atoms with Gasteiger partial charge < -0.3 is 10.2 Å². The van der Waals surface area contributed by atoms with Gasteiger partial charge in [0.25, 0.3) is 0 Å². The average molecular weight is 283 g/mol. The first-order valence-corrected chi connectivity index (χ1v) is 7.40.